The zero-order valence-electron chi connectivity index (χ0n) is 9.22. The molecule has 0 spiro atoms. The third kappa shape index (κ3) is 5.38. The maximum atomic E-state index is 11.5. The summed E-state index contributed by atoms with van der Waals surface area (Å²) in [5.41, 5.74) is -1.03. The molecule has 16 heavy (non-hydrogen) atoms. The standard InChI is InChI=1S/C8H16ClNO4S2/c1-3-5-7(9)10(16(12,13)14)8(11)15-6-4-2/h7H,3-6H2,1-2H3,(H,12,13,14). The molecule has 0 heterocycles. The number of hydrogen-bond donors (Lipinski definition) is 1. The zero-order valence-corrected chi connectivity index (χ0v) is 11.6. The van der Waals surface area contributed by atoms with Crippen LogP contribution in [0.5, 0.6) is 0 Å². The molecule has 0 aromatic carbocycles. The van der Waals surface area contributed by atoms with Crippen molar-refractivity contribution in [3.05, 3.63) is 0 Å². The summed E-state index contributed by atoms with van der Waals surface area (Å²) in [5, 5.41) is -0.738. The van der Waals surface area contributed by atoms with Crippen LogP contribution < -0.4 is 0 Å². The lowest BCUT2D eigenvalue weighted by atomic mass is 10.3. The molecule has 96 valence electrons. The van der Waals surface area contributed by atoms with Crippen LogP contribution in [0.1, 0.15) is 33.1 Å². The molecule has 0 aliphatic heterocycles. The van der Waals surface area contributed by atoms with Crippen LogP contribution in [0.25, 0.3) is 0 Å². The highest BCUT2D eigenvalue weighted by molar-refractivity contribution is 8.14. The summed E-state index contributed by atoms with van der Waals surface area (Å²) in [7, 11) is -4.58. The molecule has 0 saturated heterocycles. The minimum Gasteiger partial charge on any atom is -0.269 e. The molecule has 0 bridgehead atoms. The second kappa shape index (κ2) is 7.37. The number of amides is 1. The normalized spacial score (nSPS) is 13.5. The van der Waals surface area contributed by atoms with Crippen LogP contribution in [0.15, 0.2) is 0 Å². The topological polar surface area (TPSA) is 74.7 Å². The average Bonchev–Trinajstić information content (AvgIpc) is 2.13. The molecule has 1 unspecified atom stereocenters. The van der Waals surface area contributed by atoms with Gasteiger partial charge in [0.1, 0.15) is 5.50 Å². The molecule has 0 aliphatic rings. The smallest absolute Gasteiger partial charge is 0.269 e. The van der Waals surface area contributed by atoms with Gasteiger partial charge in [-0.3, -0.25) is 9.35 Å². The number of carbonyl (C=O) groups is 1. The molecule has 0 aromatic rings. The first-order valence-electron chi connectivity index (χ1n) is 4.92. The number of alkyl halides is 1. The van der Waals surface area contributed by atoms with Crippen molar-refractivity contribution >= 4 is 38.9 Å². The molecule has 0 saturated carbocycles. The molecule has 5 nitrogen and oxygen atoms in total. The summed E-state index contributed by atoms with van der Waals surface area (Å²) >= 11 is 6.59. The first-order chi connectivity index (χ1) is 7.34. The van der Waals surface area contributed by atoms with E-state index >= 15 is 0 Å². The minimum atomic E-state index is -4.58. The maximum Gasteiger partial charge on any atom is 0.364 e. The van der Waals surface area contributed by atoms with Gasteiger partial charge in [0.2, 0.25) is 0 Å². The number of nitrogens with zero attached hydrogens (tertiary/aromatic N) is 1. The number of carbonyl (C=O) groups excluding carboxylic acids is 1. The molecule has 1 atom stereocenters. The first kappa shape index (κ1) is 16.0. The van der Waals surface area contributed by atoms with Crippen molar-refractivity contribution in [3.63, 3.8) is 0 Å². The summed E-state index contributed by atoms with van der Waals surface area (Å²) in [6.07, 6.45) is 1.65. The minimum absolute atomic E-state index is 0.305. The fourth-order valence-electron chi connectivity index (χ4n) is 0.962. The van der Waals surface area contributed by atoms with Gasteiger partial charge in [0.15, 0.2) is 0 Å². The Morgan fingerprint density at radius 2 is 2.00 bits per heavy atom. The summed E-state index contributed by atoms with van der Waals surface area (Å²) < 4.78 is 31.3. The number of rotatable bonds is 6. The van der Waals surface area contributed by atoms with Crippen molar-refractivity contribution in [2.24, 2.45) is 0 Å². The summed E-state index contributed by atoms with van der Waals surface area (Å²) in [5.74, 6) is 0.487. The van der Waals surface area contributed by atoms with Crippen LogP contribution in [0.4, 0.5) is 4.79 Å². The molecule has 0 aliphatic carbocycles. The molecule has 0 radical (unpaired) electrons. The van der Waals surface area contributed by atoms with E-state index < -0.39 is 21.0 Å². The molecule has 1 amide bonds. The largest absolute Gasteiger partial charge is 0.364 e. The predicted octanol–water partition coefficient (Wildman–Crippen LogP) is 2.72. The molecule has 0 fully saturated rings. The van der Waals surface area contributed by atoms with E-state index in [1.54, 1.807) is 6.92 Å². The van der Waals surface area contributed by atoms with Crippen LogP contribution in [0.2, 0.25) is 0 Å². The predicted molar refractivity (Wildman–Crippen MR) is 66.1 cm³/mol. The number of hydrogen-bond acceptors (Lipinski definition) is 4. The van der Waals surface area contributed by atoms with E-state index in [-0.39, 0.29) is 0 Å². The van der Waals surface area contributed by atoms with Crippen molar-refractivity contribution in [1.82, 2.24) is 4.31 Å². The van der Waals surface area contributed by atoms with E-state index in [1.165, 1.54) is 0 Å². The van der Waals surface area contributed by atoms with E-state index in [0.29, 0.717) is 22.9 Å². The van der Waals surface area contributed by atoms with Gasteiger partial charge < -0.3 is 0 Å². The summed E-state index contributed by atoms with van der Waals surface area (Å²) in [6, 6.07) is 0. The fourth-order valence-corrected chi connectivity index (χ4v) is 3.29. The Kier molecular flexibility index (Phi) is 7.38. The van der Waals surface area contributed by atoms with Crippen LogP contribution in [-0.4, -0.2) is 33.8 Å². The van der Waals surface area contributed by atoms with Crippen molar-refractivity contribution in [1.29, 1.82) is 0 Å². The Balaban J connectivity index is 4.75. The van der Waals surface area contributed by atoms with Crippen molar-refractivity contribution in [2.75, 3.05) is 5.75 Å². The molecule has 1 N–H and O–H groups in total. The highest BCUT2D eigenvalue weighted by Crippen LogP contribution is 2.21. The van der Waals surface area contributed by atoms with Gasteiger partial charge in [-0.25, -0.2) is 0 Å². The van der Waals surface area contributed by atoms with Gasteiger partial charge in [-0.1, -0.05) is 43.6 Å². The number of thioether (sulfide) groups is 1. The zero-order chi connectivity index (χ0) is 12.8. The Morgan fingerprint density at radius 3 is 2.38 bits per heavy atom. The monoisotopic (exact) mass is 289 g/mol. The van der Waals surface area contributed by atoms with Gasteiger partial charge in [0, 0.05) is 5.75 Å². The van der Waals surface area contributed by atoms with Crippen LogP contribution in [0.3, 0.4) is 0 Å². The average molecular weight is 290 g/mol. The Labute approximate surface area is 105 Å². The maximum absolute atomic E-state index is 11.5. The lowest BCUT2D eigenvalue weighted by Gasteiger charge is -2.22. The van der Waals surface area contributed by atoms with E-state index in [4.69, 9.17) is 16.2 Å². The highest BCUT2D eigenvalue weighted by atomic mass is 35.5. The number of halogens is 1. The van der Waals surface area contributed by atoms with Crippen LogP contribution in [0, 0.1) is 0 Å². The third-order valence-corrected chi connectivity index (χ3v) is 4.26. The molecule has 0 rings (SSSR count). The second-order valence-corrected chi connectivity index (χ2v) is 5.95. The molecule has 0 aromatic heterocycles. The SMILES string of the molecule is CCCSC(=O)N(C(Cl)CCC)S(=O)(=O)O. The highest BCUT2D eigenvalue weighted by Gasteiger charge is 2.31. The van der Waals surface area contributed by atoms with Gasteiger partial charge in [0.25, 0.3) is 5.24 Å². The second-order valence-electron chi connectivity index (χ2n) is 3.11. The van der Waals surface area contributed by atoms with Crippen LogP contribution in [-0.2, 0) is 10.3 Å². The summed E-state index contributed by atoms with van der Waals surface area (Å²) in [4.78, 5) is 11.5. The third-order valence-electron chi connectivity index (χ3n) is 1.64. The fraction of sp³-hybridized carbons (Fsp3) is 0.875. The quantitative estimate of drug-likeness (QED) is 0.462. The van der Waals surface area contributed by atoms with E-state index in [0.717, 1.165) is 18.2 Å². The summed E-state index contributed by atoms with van der Waals surface area (Å²) in [6.45, 7) is 3.67. The lowest BCUT2D eigenvalue weighted by molar-refractivity contribution is 0.238. The van der Waals surface area contributed by atoms with Gasteiger partial charge in [-0.05, 0) is 12.8 Å². The molecular formula is C8H16ClNO4S2. The van der Waals surface area contributed by atoms with Crippen LogP contribution >= 0.6 is 23.4 Å². The van der Waals surface area contributed by atoms with Crippen molar-refractivity contribution in [2.45, 2.75) is 38.6 Å². The van der Waals surface area contributed by atoms with Crippen molar-refractivity contribution in [3.8, 4) is 0 Å². The van der Waals surface area contributed by atoms with Gasteiger partial charge in [0.05, 0.1) is 0 Å². The Morgan fingerprint density at radius 1 is 1.44 bits per heavy atom. The van der Waals surface area contributed by atoms with Crippen molar-refractivity contribution < 1.29 is 17.8 Å². The van der Waals surface area contributed by atoms with E-state index in [9.17, 15) is 13.2 Å². The molecule has 8 heteroatoms. The van der Waals surface area contributed by atoms with E-state index in [1.807, 2.05) is 6.92 Å². The van der Waals surface area contributed by atoms with Gasteiger partial charge in [-0.15, -0.1) is 0 Å². The van der Waals surface area contributed by atoms with Gasteiger partial charge >= 0.3 is 10.3 Å². The Hall–Kier alpha value is 0.0200. The lowest BCUT2D eigenvalue weighted by Crippen LogP contribution is -2.39. The first-order valence-corrected chi connectivity index (χ1v) is 7.74. The molecular weight excluding hydrogens is 274 g/mol. The van der Waals surface area contributed by atoms with Gasteiger partial charge in [-0.2, -0.15) is 12.7 Å². The Bertz CT molecular complexity index is 320. The van der Waals surface area contributed by atoms with E-state index in [2.05, 4.69) is 0 Å².